The van der Waals surface area contributed by atoms with Gasteiger partial charge in [0.2, 0.25) is 0 Å². The van der Waals surface area contributed by atoms with Crippen molar-refractivity contribution in [3.63, 3.8) is 0 Å². The van der Waals surface area contributed by atoms with E-state index in [1.165, 1.54) is 0 Å². The van der Waals surface area contributed by atoms with E-state index in [1.807, 2.05) is 30.3 Å². The molecule has 1 rings (SSSR count). The molecule has 0 aromatic heterocycles. The molecule has 0 saturated heterocycles. The molecule has 0 aliphatic rings. The molecule has 0 saturated carbocycles. The van der Waals surface area contributed by atoms with Crippen molar-refractivity contribution in [2.75, 3.05) is 7.11 Å². The predicted molar refractivity (Wildman–Crippen MR) is 62.4 cm³/mol. The highest BCUT2D eigenvalue weighted by Crippen LogP contribution is 2.20. The summed E-state index contributed by atoms with van der Waals surface area (Å²) in [5.74, 6) is 1.56. The average molecular weight is 204 g/mol. The molecule has 0 spiro atoms. The van der Waals surface area contributed by atoms with Gasteiger partial charge in [-0.1, -0.05) is 24.8 Å². The zero-order valence-electron chi connectivity index (χ0n) is 8.98. The maximum Gasteiger partial charge on any atom is 0.123 e. The molecule has 0 heterocycles. The van der Waals surface area contributed by atoms with E-state index in [1.54, 1.807) is 13.2 Å². The fraction of sp³-hybridized carbons (Fsp3) is 0.231. The molecule has 0 N–H and O–H groups in total. The Morgan fingerprint density at radius 2 is 2.07 bits per heavy atom. The molecule has 0 bridgehead atoms. The van der Waals surface area contributed by atoms with E-state index in [2.05, 4.69) is 13.2 Å². The van der Waals surface area contributed by atoms with Crippen LogP contribution < -0.4 is 9.47 Å². The van der Waals surface area contributed by atoms with Crippen molar-refractivity contribution in [2.45, 2.75) is 12.5 Å². The molecule has 0 radical (unpaired) electrons. The minimum absolute atomic E-state index is 0.0328. The molecule has 2 nitrogen and oxygen atoms in total. The van der Waals surface area contributed by atoms with Crippen LogP contribution in [0, 0.1) is 0 Å². The zero-order chi connectivity index (χ0) is 11.1. The van der Waals surface area contributed by atoms with Gasteiger partial charge in [0.25, 0.3) is 0 Å². The third-order valence-corrected chi connectivity index (χ3v) is 1.99. The molecule has 0 fully saturated rings. The number of hydrogen-bond donors (Lipinski definition) is 0. The summed E-state index contributed by atoms with van der Waals surface area (Å²) in [6.07, 6.45) is 4.29. The first kappa shape index (κ1) is 11.4. The van der Waals surface area contributed by atoms with Crippen LogP contribution in [0.4, 0.5) is 0 Å². The Morgan fingerprint density at radius 1 is 1.33 bits per heavy atom. The van der Waals surface area contributed by atoms with Crippen molar-refractivity contribution in [1.29, 1.82) is 0 Å². The van der Waals surface area contributed by atoms with Crippen LogP contribution in [0.1, 0.15) is 6.42 Å². The molecule has 1 unspecified atom stereocenters. The van der Waals surface area contributed by atoms with E-state index in [0.29, 0.717) is 0 Å². The maximum absolute atomic E-state index is 5.68. The van der Waals surface area contributed by atoms with Crippen LogP contribution in [0.25, 0.3) is 0 Å². The molecule has 80 valence electrons. The third-order valence-electron chi connectivity index (χ3n) is 1.99. The summed E-state index contributed by atoms with van der Waals surface area (Å²) in [5, 5.41) is 0. The molecule has 1 atom stereocenters. The quantitative estimate of drug-likeness (QED) is 0.662. The first-order chi connectivity index (χ1) is 7.30. The Bertz CT molecular complexity index is 331. The van der Waals surface area contributed by atoms with Crippen LogP contribution >= 0.6 is 0 Å². The standard InChI is InChI=1S/C13H16O2/c1-4-7-11(5-2)15-13-9-6-8-12(10-13)14-3/h4-6,8-11H,1-2,7H2,3H3. The second kappa shape index (κ2) is 5.91. The van der Waals surface area contributed by atoms with Crippen molar-refractivity contribution in [3.05, 3.63) is 49.6 Å². The highest BCUT2D eigenvalue weighted by Gasteiger charge is 2.04. The SMILES string of the molecule is C=CCC(C=C)Oc1cccc(OC)c1. The summed E-state index contributed by atoms with van der Waals surface area (Å²) >= 11 is 0. The molecule has 2 heteroatoms. The number of rotatable bonds is 6. The molecule has 1 aromatic rings. The molecular formula is C13H16O2. The average Bonchev–Trinajstić information content (AvgIpc) is 2.29. The van der Waals surface area contributed by atoms with E-state index >= 15 is 0 Å². The Kier molecular flexibility index (Phi) is 4.48. The van der Waals surface area contributed by atoms with E-state index in [9.17, 15) is 0 Å². The lowest BCUT2D eigenvalue weighted by molar-refractivity contribution is 0.252. The Hall–Kier alpha value is -1.70. The lowest BCUT2D eigenvalue weighted by Crippen LogP contribution is -2.11. The monoisotopic (exact) mass is 204 g/mol. The molecule has 0 aliphatic heterocycles. The Morgan fingerprint density at radius 3 is 2.67 bits per heavy atom. The van der Waals surface area contributed by atoms with Crippen LogP contribution in [0.5, 0.6) is 11.5 Å². The molecule has 15 heavy (non-hydrogen) atoms. The van der Waals surface area contributed by atoms with E-state index in [-0.39, 0.29) is 6.10 Å². The number of ether oxygens (including phenoxy) is 2. The summed E-state index contributed by atoms with van der Waals surface area (Å²) < 4.78 is 10.8. The number of benzene rings is 1. The topological polar surface area (TPSA) is 18.5 Å². The summed E-state index contributed by atoms with van der Waals surface area (Å²) in [6.45, 7) is 7.39. The first-order valence-electron chi connectivity index (χ1n) is 4.84. The van der Waals surface area contributed by atoms with Crippen molar-refractivity contribution in [2.24, 2.45) is 0 Å². The van der Waals surface area contributed by atoms with Gasteiger partial charge in [-0.25, -0.2) is 0 Å². The van der Waals surface area contributed by atoms with Gasteiger partial charge >= 0.3 is 0 Å². The molecular weight excluding hydrogens is 188 g/mol. The van der Waals surface area contributed by atoms with E-state index < -0.39 is 0 Å². The van der Waals surface area contributed by atoms with E-state index in [0.717, 1.165) is 17.9 Å². The number of hydrogen-bond acceptors (Lipinski definition) is 2. The third kappa shape index (κ3) is 3.50. The van der Waals surface area contributed by atoms with Crippen LogP contribution in [-0.4, -0.2) is 13.2 Å². The normalized spacial score (nSPS) is 11.5. The van der Waals surface area contributed by atoms with E-state index in [4.69, 9.17) is 9.47 Å². The lowest BCUT2D eigenvalue weighted by atomic mass is 10.2. The fourth-order valence-corrected chi connectivity index (χ4v) is 1.21. The minimum Gasteiger partial charge on any atom is -0.497 e. The summed E-state index contributed by atoms with van der Waals surface area (Å²) in [6, 6.07) is 7.51. The maximum atomic E-state index is 5.68. The largest absolute Gasteiger partial charge is 0.497 e. The molecule has 0 aliphatic carbocycles. The van der Waals surface area contributed by atoms with Crippen molar-refractivity contribution < 1.29 is 9.47 Å². The Balaban J connectivity index is 2.69. The summed E-state index contributed by atoms with van der Waals surface area (Å²) in [7, 11) is 1.63. The summed E-state index contributed by atoms with van der Waals surface area (Å²) in [5.41, 5.74) is 0. The van der Waals surface area contributed by atoms with Crippen molar-refractivity contribution in [3.8, 4) is 11.5 Å². The van der Waals surface area contributed by atoms with Gasteiger partial charge in [-0.15, -0.1) is 6.58 Å². The highest BCUT2D eigenvalue weighted by atomic mass is 16.5. The molecule has 0 amide bonds. The zero-order valence-corrected chi connectivity index (χ0v) is 8.98. The van der Waals surface area contributed by atoms with Gasteiger partial charge < -0.3 is 9.47 Å². The lowest BCUT2D eigenvalue weighted by Gasteiger charge is -2.14. The summed E-state index contributed by atoms with van der Waals surface area (Å²) in [4.78, 5) is 0. The van der Waals surface area contributed by atoms with Gasteiger partial charge in [0.1, 0.15) is 17.6 Å². The van der Waals surface area contributed by atoms with Crippen LogP contribution in [0.3, 0.4) is 0 Å². The van der Waals surface area contributed by atoms with Crippen LogP contribution in [-0.2, 0) is 0 Å². The van der Waals surface area contributed by atoms with Gasteiger partial charge in [-0.2, -0.15) is 0 Å². The van der Waals surface area contributed by atoms with Crippen molar-refractivity contribution >= 4 is 0 Å². The van der Waals surface area contributed by atoms with Gasteiger partial charge in [0.05, 0.1) is 7.11 Å². The number of methoxy groups -OCH3 is 1. The molecule has 1 aromatic carbocycles. The Labute approximate surface area is 90.8 Å². The first-order valence-corrected chi connectivity index (χ1v) is 4.84. The van der Waals surface area contributed by atoms with Crippen LogP contribution in [0.2, 0.25) is 0 Å². The fourth-order valence-electron chi connectivity index (χ4n) is 1.21. The second-order valence-corrected chi connectivity index (χ2v) is 3.10. The van der Waals surface area contributed by atoms with Gasteiger partial charge in [0, 0.05) is 12.5 Å². The minimum atomic E-state index is -0.0328. The highest BCUT2D eigenvalue weighted by molar-refractivity contribution is 5.33. The van der Waals surface area contributed by atoms with Crippen LogP contribution in [0.15, 0.2) is 49.6 Å². The second-order valence-electron chi connectivity index (χ2n) is 3.10. The van der Waals surface area contributed by atoms with Gasteiger partial charge in [0.15, 0.2) is 0 Å². The van der Waals surface area contributed by atoms with Gasteiger partial charge in [-0.3, -0.25) is 0 Å². The smallest absolute Gasteiger partial charge is 0.123 e. The van der Waals surface area contributed by atoms with Crippen molar-refractivity contribution in [1.82, 2.24) is 0 Å². The predicted octanol–water partition coefficient (Wildman–Crippen LogP) is 3.20. The van der Waals surface area contributed by atoms with Gasteiger partial charge in [-0.05, 0) is 12.1 Å².